The molecule has 7 heteroatoms. The van der Waals surface area contributed by atoms with E-state index in [1.54, 1.807) is 0 Å². The van der Waals surface area contributed by atoms with E-state index in [0.717, 1.165) is 36.3 Å². The number of hydrogen-bond acceptors (Lipinski definition) is 4. The lowest BCUT2D eigenvalue weighted by Crippen LogP contribution is -2.50. The summed E-state index contributed by atoms with van der Waals surface area (Å²) in [5.41, 5.74) is 1.93. The van der Waals surface area contributed by atoms with Crippen molar-refractivity contribution in [3.63, 3.8) is 0 Å². The van der Waals surface area contributed by atoms with E-state index in [2.05, 4.69) is 29.7 Å². The average molecular weight is 399 g/mol. The van der Waals surface area contributed by atoms with E-state index < -0.39 is 11.6 Å². The minimum Gasteiger partial charge on any atom is -0.492 e. The molecule has 1 aromatic rings. The first-order chi connectivity index (χ1) is 14.0. The summed E-state index contributed by atoms with van der Waals surface area (Å²) in [5, 5.41) is 5.57. The molecule has 29 heavy (non-hydrogen) atoms. The number of imide groups is 1. The summed E-state index contributed by atoms with van der Waals surface area (Å²) in [6.07, 6.45) is 6.53. The lowest BCUT2D eigenvalue weighted by molar-refractivity contribution is -0.136. The molecule has 4 rings (SSSR count). The molecule has 2 N–H and O–H groups in total. The van der Waals surface area contributed by atoms with Gasteiger partial charge in [0.2, 0.25) is 5.91 Å². The molecule has 0 bridgehead atoms. The van der Waals surface area contributed by atoms with E-state index in [-0.39, 0.29) is 18.4 Å². The number of carbonyl (C=O) groups excluding carboxylic acids is 3. The second kappa shape index (κ2) is 8.05. The third-order valence-electron chi connectivity index (χ3n) is 6.44. The Hall–Kier alpha value is -2.57. The van der Waals surface area contributed by atoms with Crippen molar-refractivity contribution >= 4 is 17.8 Å². The standard InChI is InChI=1S/C22H29N3O4/c1-15-7-9-22(10-8-15)20(27)25(21(28)24-22)14-19(26)23-11-12-29-18-6-5-16-3-2-4-17(16)13-18/h5-6,13,15H,2-4,7-12,14H2,1H3,(H,23,26)(H,24,28). The van der Waals surface area contributed by atoms with Gasteiger partial charge >= 0.3 is 6.03 Å². The molecule has 1 heterocycles. The Morgan fingerprint density at radius 2 is 2.00 bits per heavy atom. The largest absolute Gasteiger partial charge is 0.492 e. The number of benzene rings is 1. The van der Waals surface area contributed by atoms with Crippen LogP contribution < -0.4 is 15.4 Å². The fraction of sp³-hybridized carbons (Fsp3) is 0.591. The van der Waals surface area contributed by atoms with Crippen molar-refractivity contribution in [1.29, 1.82) is 0 Å². The number of nitrogens with zero attached hydrogens (tertiary/aromatic N) is 1. The highest BCUT2D eigenvalue weighted by molar-refractivity contribution is 6.09. The van der Waals surface area contributed by atoms with E-state index in [4.69, 9.17) is 4.74 Å². The molecule has 2 fully saturated rings. The second-order valence-electron chi connectivity index (χ2n) is 8.57. The van der Waals surface area contributed by atoms with E-state index in [1.807, 2.05) is 6.07 Å². The van der Waals surface area contributed by atoms with Gasteiger partial charge in [-0.2, -0.15) is 0 Å². The Kier molecular flexibility index (Phi) is 5.48. The molecule has 156 valence electrons. The van der Waals surface area contributed by atoms with Crippen molar-refractivity contribution in [2.24, 2.45) is 5.92 Å². The maximum atomic E-state index is 12.8. The monoisotopic (exact) mass is 399 g/mol. The Morgan fingerprint density at radius 3 is 2.79 bits per heavy atom. The van der Waals surface area contributed by atoms with Crippen LogP contribution in [0, 0.1) is 5.92 Å². The number of urea groups is 1. The quantitative estimate of drug-likeness (QED) is 0.567. The summed E-state index contributed by atoms with van der Waals surface area (Å²) in [4.78, 5) is 38.3. The van der Waals surface area contributed by atoms with Crippen molar-refractivity contribution in [3.05, 3.63) is 29.3 Å². The van der Waals surface area contributed by atoms with E-state index in [9.17, 15) is 14.4 Å². The molecule has 0 unspecified atom stereocenters. The first-order valence-corrected chi connectivity index (χ1v) is 10.6. The molecule has 0 aromatic heterocycles. The highest BCUT2D eigenvalue weighted by Gasteiger charge is 2.52. The lowest BCUT2D eigenvalue weighted by Gasteiger charge is -2.33. The zero-order valence-electron chi connectivity index (χ0n) is 17.0. The molecular weight excluding hydrogens is 370 g/mol. The van der Waals surface area contributed by atoms with Crippen LogP contribution in [0.4, 0.5) is 4.79 Å². The topological polar surface area (TPSA) is 87.7 Å². The van der Waals surface area contributed by atoms with Gasteiger partial charge < -0.3 is 15.4 Å². The molecule has 0 atom stereocenters. The van der Waals surface area contributed by atoms with E-state index in [1.165, 1.54) is 17.5 Å². The second-order valence-corrected chi connectivity index (χ2v) is 8.57. The highest BCUT2D eigenvalue weighted by atomic mass is 16.5. The number of amides is 4. The summed E-state index contributed by atoms with van der Waals surface area (Å²) in [6.45, 7) is 2.57. The maximum Gasteiger partial charge on any atom is 0.325 e. The van der Waals surface area contributed by atoms with Crippen LogP contribution in [-0.4, -0.2) is 48.0 Å². The van der Waals surface area contributed by atoms with Gasteiger partial charge in [0.15, 0.2) is 0 Å². The Bertz CT molecular complexity index is 814. The number of rotatable bonds is 6. The van der Waals surface area contributed by atoms with E-state index >= 15 is 0 Å². The molecule has 1 saturated carbocycles. The first kappa shape index (κ1) is 19.7. The molecule has 3 aliphatic rings. The molecule has 2 aliphatic carbocycles. The number of nitrogens with one attached hydrogen (secondary N) is 2. The van der Waals surface area contributed by atoms with Crippen LogP contribution in [0.25, 0.3) is 0 Å². The van der Waals surface area contributed by atoms with Crippen LogP contribution in [0.2, 0.25) is 0 Å². The van der Waals surface area contributed by atoms with Gasteiger partial charge in [-0.15, -0.1) is 0 Å². The third-order valence-corrected chi connectivity index (χ3v) is 6.44. The molecule has 7 nitrogen and oxygen atoms in total. The van der Waals surface area contributed by atoms with Crippen LogP contribution in [-0.2, 0) is 22.4 Å². The van der Waals surface area contributed by atoms with Crippen LogP contribution in [0.3, 0.4) is 0 Å². The van der Waals surface area contributed by atoms with Crippen molar-refractivity contribution in [1.82, 2.24) is 15.5 Å². The summed E-state index contributed by atoms with van der Waals surface area (Å²) < 4.78 is 5.72. The highest BCUT2D eigenvalue weighted by Crippen LogP contribution is 2.36. The lowest BCUT2D eigenvalue weighted by atomic mass is 9.77. The van der Waals surface area contributed by atoms with Crippen LogP contribution in [0.5, 0.6) is 5.75 Å². The smallest absolute Gasteiger partial charge is 0.325 e. The minimum absolute atomic E-state index is 0.249. The average Bonchev–Trinajstić information content (AvgIpc) is 3.26. The van der Waals surface area contributed by atoms with Gasteiger partial charge in [0.1, 0.15) is 24.4 Å². The van der Waals surface area contributed by atoms with Gasteiger partial charge in [-0.1, -0.05) is 13.0 Å². The summed E-state index contributed by atoms with van der Waals surface area (Å²) in [6, 6.07) is 5.68. The fourth-order valence-corrected chi connectivity index (χ4v) is 4.61. The van der Waals surface area contributed by atoms with Crippen molar-refractivity contribution in [3.8, 4) is 5.75 Å². The zero-order chi connectivity index (χ0) is 20.4. The number of ether oxygens (including phenoxy) is 1. The van der Waals surface area contributed by atoms with Crippen LogP contribution >= 0.6 is 0 Å². The van der Waals surface area contributed by atoms with Gasteiger partial charge in [0.25, 0.3) is 5.91 Å². The number of carbonyl (C=O) groups is 3. The summed E-state index contributed by atoms with van der Waals surface area (Å²) in [7, 11) is 0. The number of hydrogen-bond donors (Lipinski definition) is 2. The Labute approximate surface area is 171 Å². The minimum atomic E-state index is -0.805. The summed E-state index contributed by atoms with van der Waals surface area (Å²) in [5.74, 6) is 0.752. The molecule has 0 radical (unpaired) electrons. The van der Waals surface area contributed by atoms with Gasteiger partial charge in [0.05, 0.1) is 6.54 Å². The normalized spacial score (nSPS) is 25.8. The van der Waals surface area contributed by atoms with Gasteiger partial charge in [-0.25, -0.2) is 4.79 Å². The Balaban J connectivity index is 1.22. The molecule has 1 spiro atoms. The van der Waals surface area contributed by atoms with Crippen molar-refractivity contribution in [2.45, 2.75) is 57.4 Å². The van der Waals surface area contributed by atoms with Gasteiger partial charge in [-0.05, 0) is 74.1 Å². The van der Waals surface area contributed by atoms with Crippen LogP contribution in [0.15, 0.2) is 18.2 Å². The molecule has 1 aliphatic heterocycles. The number of fused-ring (bicyclic) bond motifs is 1. The predicted molar refractivity (Wildman–Crippen MR) is 108 cm³/mol. The SMILES string of the molecule is CC1CCC2(CC1)NC(=O)N(CC(=O)NCCOc1ccc3c(c1)CCC3)C2=O. The number of aryl methyl sites for hydroxylation is 2. The maximum absolute atomic E-state index is 12.8. The van der Waals surface area contributed by atoms with E-state index in [0.29, 0.717) is 31.9 Å². The molecular formula is C22H29N3O4. The van der Waals surface area contributed by atoms with Gasteiger partial charge in [-0.3, -0.25) is 14.5 Å². The summed E-state index contributed by atoms with van der Waals surface area (Å²) >= 11 is 0. The molecule has 1 aromatic carbocycles. The first-order valence-electron chi connectivity index (χ1n) is 10.6. The van der Waals surface area contributed by atoms with Crippen LogP contribution in [0.1, 0.15) is 50.2 Å². The predicted octanol–water partition coefficient (Wildman–Crippen LogP) is 2.17. The Morgan fingerprint density at radius 1 is 1.24 bits per heavy atom. The van der Waals surface area contributed by atoms with Gasteiger partial charge in [0, 0.05) is 0 Å². The molecule has 1 saturated heterocycles. The van der Waals surface area contributed by atoms with Crippen molar-refractivity contribution < 1.29 is 19.1 Å². The molecule has 4 amide bonds. The zero-order valence-corrected chi connectivity index (χ0v) is 17.0. The van der Waals surface area contributed by atoms with Crippen molar-refractivity contribution in [2.75, 3.05) is 19.7 Å². The third kappa shape index (κ3) is 4.09. The fourth-order valence-electron chi connectivity index (χ4n) is 4.61.